The molecule has 3 rings (SSSR count). The number of hydrogen-bond acceptors (Lipinski definition) is 3. The predicted octanol–water partition coefficient (Wildman–Crippen LogP) is 1.55. The van der Waals surface area contributed by atoms with Crippen molar-refractivity contribution in [3.8, 4) is 5.75 Å². The van der Waals surface area contributed by atoms with Crippen LogP contribution in [0.4, 0.5) is 5.69 Å². The summed E-state index contributed by atoms with van der Waals surface area (Å²) in [6.45, 7) is 2.01. The summed E-state index contributed by atoms with van der Waals surface area (Å²) in [6, 6.07) is 8.39. The molecule has 18 heavy (non-hydrogen) atoms. The Morgan fingerprint density at radius 1 is 1.39 bits per heavy atom. The zero-order valence-corrected chi connectivity index (χ0v) is 10.4. The molecule has 1 amide bonds. The van der Waals surface area contributed by atoms with E-state index in [1.807, 2.05) is 29.2 Å². The van der Waals surface area contributed by atoms with E-state index in [4.69, 9.17) is 4.74 Å². The van der Waals surface area contributed by atoms with Gasteiger partial charge in [-0.2, -0.15) is 0 Å². The van der Waals surface area contributed by atoms with Gasteiger partial charge in [0.1, 0.15) is 12.4 Å². The van der Waals surface area contributed by atoms with Crippen LogP contribution in [-0.4, -0.2) is 31.6 Å². The zero-order chi connectivity index (χ0) is 12.4. The summed E-state index contributed by atoms with van der Waals surface area (Å²) in [7, 11) is 0. The summed E-state index contributed by atoms with van der Waals surface area (Å²) in [5, 5.41) is 3.37. The van der Waals surface area contributed by atoms with E-state index in [-0.39, 0.29) is 5.91 Å². The number of benzene rings is 1. The first-order valence-electron chi connectivity index (χ1n) is 6.60. The van der Waals surface area contributed by atoms with Gasteiger partial charge in [-0.1, -0.05) is 12.1 Å². The quantitative estimate of drug-likeness (QED) is 0.876. The van der Waals surface area contributed by atoms with Gasteiger partial charge >= 0.3 is 0 Å². The third kappa shape index (κ3) is 2.48. The van der Waals surface area contributed by atoms with E-state index in [9.17, 15) is 4.79 Å². The number of anilines is 1. The van der Waals surface area contributed by atoms with E-state index in [1.54, 1.807) is 0 Å². The third-order valence-corrected chi connectivity index (χ3v) is 3.38. The van der Waals surface area contributed by atoms with Crippen LogP contribution < -0.4 is 15.0 Å². The average molecular weight is 246 g/mol. The van der Waals surface area contributed by atoms with Crippen molar-refractivity contribution >= 4 is 11.6 Å². The molecule has 1 saturated carbocycles. The molecule has 0 bridgehead atoms. The molecule has 0 spiro atoms. The van der Waals surface area contributed by atoms with Crippen molar-refractivity contribution in [2.24, 2.45) is 0 Å². The van der Waals surface area contributed by atoms with Crippen LogP contribution in [0.15, 0.2) is 24.3 Å². The number of rotatable bonds is 4. The molecule has 1 heterocycles. The van der Waals surface area contributed by atoms with Crippen LogP contribution in [-0.2, 0) is 4.79 Å². The van der Waals surface area contributed by atoms with Gasteiger partial charge in [0.25, 0.3) is 0 Å². The van der Waals surface area contributed by atoms with Gasteiger partial charge in [0.2, 0.25) is 5.91 Å². The second-order valence-corrected chi connectivity index (χ2v) is 4.84. The first kappa shape index (κ1) is 11.5. The molecule has 1 N–H and O–H groups in total. The summed E-state index contributed by atoms with van der Waals surface area (Å²) in [5.41, 5.74) is 0.903. The van der Waals surface area contributed by atoms with Crippen molar-refractivity contribution in [3.05, 3.63) is 24.3 Å². The Hall–Kier alpha value is -1.55. The van der Waals surface area contributed by atoms with Crippen molar-refractivity contribution in [1.82, 2.24) is 5.32 Å². The Balaban J connectivity index is 1.62. The van der Waals surface area contributed by atoms with Crippen molar-refractivity contribution in [2.45, 2.75) is 25.3 Å². The lowest BCUT2D eigenvalue weighted by atomic mass is 10.2. The molecular formula is C14H18N2O2. The Bertz CT molecular complexity index is 443. The molecule has 2 aliphatic rings. The lowest BCUT2D eigenvalue weighted by Crippen LogP contribution is -2.39. The Morgan fingerprint density at radius 2 is 2.22 bits per heavy atom. The van der Waals surface area contributed by atoms with Crippen molar-refractivity contribution in [3.63, 3.8) is 0 Å². The van der Waals surface area contributed by atoms with E-state index < -0.39 is 0 Å². The van der Waals surface area contributed by atoms with Crippen LogP contribution in [0.25, 0.3) is 0 Å². The predicted molar refractivity (Wildman–Crippen MR) is 69.9 cm³/mol. The van der Waals surface area contributed by atoms with Crippen LogP contribution in [0, 0.1) is 0 Å². The van der Waals surface area contributed by atoms with E-state index >= 15 is 0 Å². The van der Waals surface area contributed by atoms with Crippen LogP contribution in [0.5, 0.6) is 5.75 Å². The molecule has 0 aromatic heterocycles. The lowest BCUT2D eigenvalue weighted by molar-refractivity contribution is -0.118. The summed E-state index contributed by atoms with van der Waals surface area (Å²) in [6.07, 6.45) is 3.08. The maximum atomic E-state index is 12.2. The number of fused-ring (bicyclic) bond motifs is 1. The first-order chi connectivity index (χ1) is 8.84. The third-order valence-electron chi connectivity index (χ3n) is 3.38. The fourth-order valence-corrected chi connectivity index (χ4v) is 2.23. The molecule has 1 aromatic rings. The highest BCUT2D eigenvalue weighted by Gasteiger charge is 2.24. The number of carbonyl (C=O) groups excluding carboxylic acids is 1. The minimum absolute atomic E-state index is 0.180. The maximum absolute atomic E-state index is 12.2. The van der Waals surface area contributed by atoms with Crippen LogP contribution >= 0.6 is 0 Å². The van der Waals surface area contributed by atoms with Crippen LogP contribution in [0.2, 0.25) is 0 Å². The molecule has 1 aliphatic heterocycles. The number of ether oxygens (including phenoxy) is 1. The van der Waals surface area contributed by atoms with Crippen molar-refractivity contribution in [1.29, 1.82) is 0 Å². The zero-order valence-electron chi connectivity index (χ0n) is 10.4. The average Bonchev–Trinajstić information content (AvgIpc) is 3.22. The largest absolute Gasteiger partial charge is 0.490 e. The second kappa shape index (κ2) is 4.98. The van der Waals surface area contributed by atoms with E-state index in [0.717, 1.165) is 18.0 Å². The van der Waals surface area contributed by atoms with Gasteiger partial charge in [-0.05, 0) is 25.0 Å². The minimum atomic E-state index is 0.180. The standard InChI is InChI=1S/C14H18N2O2/c17-14(7-8-15-11-5-6-11)16-9-10-18-13-4-2-1-3-12(13)16/h1-4,11,15H,5-10H2. The minimum Gasteiger partial charge on any atom is -0.490 e. The van der Waals surface area contributed by atoms with Gasteiger partial charge in [0.15, 0.2) is 0 Å². The molecule has 4 nitrogen and oxygen atoms in total. The molecule has 0 atom stereocenters. The van der Waals surface area contributed by atoms with Crippen molar-refractivity contribution < 1.29 is 9.53 Å². The van der Waals surface area contributed by atoms with E-state index in [1.165, 1.54) is 12.8 Å². The maximum Gasteiger partial charge on any atom is 0.228 e. The number of nitrogens with zero attached hydrogens (tertiary/aromatic N) is 1. The highest BCUT2D eigenvalue weighted by atomic mass is 16.5. The van der Waals surface area contributed by atoms with Crippen LogP contribution in [0.1, 0.15) is 19.3 Å². The molecular weight excluding hydrogens is 228 g/mol. The summed E-state index contributed by atoms with van der Waals surface area (Å²) in [4.78, 5) is 14.0. The smallest absolute Gasteiger partial charge is 0.228 e. The number of hydrogen-bond donors (Lipinski definition) is 1. The molecule has 1 fully saturated rings. The molecule has 1 aliphatic carbocycles. The topological polar surface area (TPSA) is 41.6 Å². The summed E-state index contributed by atoms with van der Waals surface area (Å²) >= 11 is 0. The molecule has 0 radical (unpaired) electrons. The van der Waals surface area contributed by atoms with Crippen LogP contribution in [0.3, 0.4) is 0 Å². The highest BCUT2D eigenvalue weighted by Crippen LogP contribution is 2.31. The normalized spacial score (nSPS) is 18.1. The highest BCUT2D eigenvalue weighted by molar-refractivity contribution is 5.95. The summed E-state index contributed by atoms with van der Waals surface area (Å²) in [5.74, 6) is 0.992. The van der Waals surface area contributed by atoms with Gasteiger partial charge in [0.05, 0.1) is 12.2 Å². The van der Waals surface area contributed by atoms with Gasteiger partial charge < -0.3 is 15.0 Å². The van der Waals surface area contributed by atoms with E-state index in [0.29, 0.717) is 25.6 Å². The van der Waals surface area contributed by atoms with E-state index in [2.05, 4.69) is 5.32 Å². The molecule has 0 saturated heterocycles. The number of carbonyl (C=O) groups is 1. The Morgan fingerprint density at radius 3 is 3.06 bits per heavy atom. The summed E-state index contributed by atoms with van der Waals surface area (Å²) < 4.78 is 5.55. The molecule has 96 valence electrons. The number of amides is 1. The van der Waals surface area contributed by atoms with Gasteiger partial charge in [-0.25, -0.2) is 0 Å². The van der Waals surface area contributed by atoms with Gasteiger partial charge in [0, 0.05) is 19.0 Å². The Labute approximate surface area is 107 Å². The Kier molecular flexibility index (Phi) is 3.19. The van der Waals surface area contributed by atoms with Crippen molar-refractivity contribution in [2.75, 3.05) is 24.6 Å². The SMILES string of the molecule is O=C(CCNC1CC1)N1CCOc2ccccc21. The monoisotopic (exact) mass is 246 g/mol. The molecule has 0 unspecified atom stereocenters. The molecule has 1 aromatic carbocycles. The molecule has 4 heteroatoms. The lowest BCUT2D eigenvalue weighted by Gasteiger charge is -2.29. The van der Waals surface area contributed by atoms with Gasteiger partial charge in [-0.3, -0.25) is 4.79 Å². The second-order valence-electron chi connectivity index (χ2n) is 4.84. The number of nitrogens with one attached hydrogen (secondary N) is 1. The first-order valence-corrected chi connectivity index (χ1v) is 6.60. The fraction of sp³-hybridized carbons (Fsp3) is 0.500. The number of para-hydroxylation sites is 2. The fourth-order valence-electron chi connectivity index (χ4n) is 2.23. The van der Waals surface area contributed by atoms with Gasteiger partial charge in [-0.15, -0.1) is 0 Å².